The van der Waals surface area contributed by atoms with E-state index in [1.807, 2.05) is 6.92 Å². The number of hydrogen-bond donors (Lipinski definition) is 0. The summed E-state index contributed by atoms with van der Waals surface area (Å²) < 4.78 is 33.8. The average Bonchev–Trinajstić information content (AvgIpc) is 2.37. The van der Waals surface area contributed by atoms with Crippen LogP contribution in [0, 0.1) is 0 Å². The van der Waals surface area contributed by atoms with Crippen LogP contribution in [0.2, 0.25) is 10.4 Å². The van der Waals surface area contributed by atoms with Crippen molar-refractivity contribution in [2.45, 2.75) is 26.4 Å². The number of anilines is 1. The molecule has 1 aliphatic heterocycles. The molecule has 0 N–H and O–H groups in total. The summed E-state index contributed by atoms with van der Waals surface area (Å²) in [6, 6.07) is 0. The second-order valence-corrected chi connectivity index (χ2v) is 6.50. The molecule has 20 heavy (non-hydrogen) atoms. The van der Waals surface area contributed by atoms with Gasteiger partial charge in [-0.1, -0.05) is 24.9 Å². The van der Waals surface area contributed by atoms with E-state index in [1.54, 1.807) is 0 Å². The third kappa shape index (κ3) is 3.70. The molecule has 0 fully saturated rings. The van der Waals surface area contributed by atoms with Gasteiger partial charge in [0.25, 0.3) is 10.1 Å². The van der Waals surface area contributed by atoms with Crippen molar-refractivity contribution >= 4 is 39.1 Å². The number of nitrogens with zero attached hydrogens (tertiary/aromatic N) is 3. The number of halogens is 2. The van der Waals surface area contributed by atoms with E-state index in [2.05, 4.69) is 9.97 Å². The van der Waals surface area contributed by atoms with Gasteiger partial charge in [0.15, 0.2) is 5.82 Å². The lowest BCUT2D eigenvalue weighted by Crippen LogP contribution is -2.35. The Morgan fingerprint density at radius 3 is 2.85 bits per heavy atom. The highest BCUT2D eigenvalue weighted by atomic mass is 35.5. The second kappa shape index (κ2) is 6.40. The highest BCUT2D eigenvalue weighted by Gasteiger charge is 2.27. The molecular weight excluding hydrogens is 329 g/mol. The first-order valence-electron chi connectivity index (χ1n) is 5.92. The number of hydroxylamine groups is 1. The predicted octanol–water partition coefficient (Wildman–Crippen LogP) is 2.14. The summed E-state index contributed by atoms with van der Waals surface area (Å²) in [6.07, 6.45) is 1.25. The molecule has 1 aromatic rings. The van der Waals surface area contributed by atoms with Crippen LogP contribution >= 0.6 is 23.2 Å². The van der Waals surface area contributed by atoms with Crippen LogP contribution < -0.4 is 5.06 Å². The number of unbranched alkanes of at least 4 members (excludes halogenated alkanes) is 1. The van der Waals surface area contributed by atoms with Gasteiger partial charge < -0.3 is 4.74 Å². The van der Waals surface area contributed by atoms with Crippen LogP contribution in [0.3, 0.4) is 0 Å². The van der Waals surface area contributed by atoms with Crippen molar-refractivity contribution < 1.29 is 17.4 Å². The van der Waals surface area contributed by atoms with Gasteiger partial charge in [0.1, 0.15) is 11.9 Å². The number of fused-ring (bicyclic) bond motifs is 1. The lowest BCUT2D eigenvalue weighted by Gasteiger charge is -2.27. The fourth-order valence-electron chi connectivity index (χ4n) is 1.60. The molecule has 0 unspecified atom stereocenters. The molecule has 7 nitrogen and oxygen atoms in total. The number of rotatable bonds is 5. The minimum Gasteiger partial charge on any atom is -0.354 e. The van der Waals surface area contributed by atoms with Gasteiger partial charge in [-0.25, -0.2) is 4.98 Å². The third-order valence-electron chi connectivity index (χ3n) is 2.55. The largest absolute Gasteiger partial charge is 0.354 e. The fraction of sp³-hybridized carbons (Fsp3) is 0.600. The Labute approximate surface area is 126 Å². The Kier molecular flexibility index (Phi) is 5.03. The smallest absolute Gasteiger partial charge is 0.288 e. The molecule has 0 saturated heterocycles. The van der Waals surface area contributed by atoms with Crippen LogP contribution in [0.4, 0.5) is 5.82 Å². The Balaban J connectivity index is 2.25. The SMILES string of the molecule is CCCCS(=O)(=O)ON1COCc2c(Cl)nc(Cl)nc21. The summed E-state index contributed by atoms with van der Waals surface area (Å²) in [5.41, 5.74) is 0.438. The van der Waals surface area contributed by atoms with Gasteiger partial charge in [-0.3, -0.25) is 0 Å². The van der Waals surface area contributed by atoms with Crippen molar-refractivity contribution in [2.24, 2.45) is 0 Å². The molecule has 0 atom stereocenters. The van der Waals surface area contributed by atoms with E-state index < -0.39 is 10.1 Å². The van der Waals surface area contributed by atoms with Gasteiger partial charge in [0.2, 0.25) is 5.28 Å². The van der Waals surface area contributed by atoms with Crippen molar-refractivity contribution in [2.75, 3.05) is 17.5 Å². The predicted molar refractivity (Wildman–Crippen MR) is 74.0 cm³/mol. The van der Waals surface area contributed by atoms with Crippen LogP contribution in [-0.2, 0) is 25.7 Å². The zero-order valence-electron chi connectivity index (χ0n) is 10.7. The van der Waals surface area contributed by atoms with Gasteiger partial charge in [-0.15, -0.1) is 4.28 Å². The molecule has 0 bridgehead atoms. The normalized spacial score (nSPS) is 15.2. The molecule has 0 aliphatic carbocycles. The zero-order chi connectivity index (χ0) is 14.8. The van der Waals surface area contributed by atoms with Crippen molar-refractivity contribution in [1.82, 2.24) is 9.97 Å². The quantitative estimate of drug-likeness (QED) is 0.599. The Bertz CT molecular complexity index is 596. The topological polar surface area (TPSA) is 81.6 Å². The van der Waals surface area contributed by atoms with Crippen molar-refractivity contribution in [3.63, 3.8) is 0 Å². The minimum absolute atomic E-state index is 0.0813. The molecule has 2 rings (SSSR count). The van der Waals surface area contributed by atoms with Gasteiger partial charge in [-0.2, -0.15) is 18.5 Å². The summed E-state index contributed by atoms with van der Waals surface area (Å²) >= 11 is 11.6. The van der Waals surface area contributed by atoms with Crippen molar-refractivity contribution in [3.8, 4) is 0 Å². The summed E-state index contributed by atoms with van der Waals surface area (Å²) in [4.78, 5) is 7.72. The molecule has 10 heteroatoms. The highest BCUT2D eigenvalue weighted by Crippen LogP contribution is 2.30. The molecular formula is C10H13Cl2N3O4S. The van der Waals surface area contributed by atoms with E-state index in [4.69, 9.17) is 32.2 Å². The van der Waals surface area contributed by atoms with E-state index in [1.165, 1.54) is 0 Å². The van der Waals surface area contributed by atoms with Crippen LogP contribution in [0.25, 0.3) is 0 Å². The van der Waals surface area contributed by atoms with Crippen LogP contribution in [0.15, 0.2) is 0 Å². The van der Waals surface area contributed by atoms with E-state index in [0.717, 1.165) is 11.5 Å². The van der Waals surface area contributed by atoms with E-state index in [0.29, 0.717) is 12.0 Å². The third-order valence-corrected chi connectivity index (χ3v) is 4.23. The van der Waals surface area contributed by atoms with Crippen LogP contribution in [0.1, 0.15) is 25.3 Å². The molecule has 0 radical (unpaired) electrons. The maximum absolute atomic E-state index is 11.8. The van der Waals surface area contributed by atoms with E-state index in [-0.39, 0.29) is 35.3 Å². The number of aromatic nitrogens is 2. The summed E-state index contributed by atoms with van der Waals surface area (Å²) in [5.74, 6) is 0.128. The van der Waals surface area contributed by atoms with Gasteiger partial charge >= 0.3 is 0 Å². The van der Waals surface area contributed by atoms with E-state index in [9.17, 15) is 8.42 Å². The van der Waals surface area contributed by atoms with Gasteiger partial charge in [-0.05, 0) is 18.0 Å². The lowest BCUT2D eigenvalue weighted by atomic mass is 10.3. The molecule has 1 aliphatic rings. The molecule has 0 amide bonds. The highest BCUT2D eigenvalue weighted by molar-refractivity contribution is 7.86. The van der Waals surface area contributed by atoms with Crippen molar-refractivity contribution in [3.05, 3.63) is 16.0 Å². The first-order valence-corrected chi connectivity index (χ1v) is 8.25. The lowest BCUT2D eigenvalue weighted by molar-refractivity contribution is 0.0583. The first kappa shape index (κ1) is 15.7. The minimum atomic E-state index is -3.71. The van der Waals surface area contributed by atoms with Crippen LogP contribution in [-0.4, -0.2) is 30.9 Å². The van der Waals surface area contributed by atoms with Crippen LogP contribution in [0.5, 0.6) is 0 Å². The number of ether oxygens (including phenoxy) is 1. The average molecular weight is 342 g/mol. The fourth-order valence-corrected chi connectivity index (χ4v) is 3.13. The Morgan fingerprint density at radius 2 is 2.15 bits per heavy atom. The van der Waals surface area contributed by atoms with E-state index >= 15 is 0 Å². The molecule has 2 heterocycles. The monoisotopic (exact) mass is 341 g/mol. The molecule has 0 aromatic carbocycles. The molecule has 112 valence electrons. The molecule has 1 aromatic heterocycles. The molecule has 0 spiro atoms. The molecule has 0 saturated carbocycles. The Hall–Kier alpha value is -0.670. The summed E-state index contributed by atoms with van der Waals surface area (Å²) in [5, 5.41) is 1.04. The number of hydrogen-bond acceptors (Lipinski definition) is 7. The van der Waals surface area contributed by atoms with Crippen molar-refractivity contribution in [1.29, 1.82) is 0 Å². The summed E-state index contributed by atoms with van der Waals surface area (Å²) in [6.45, 7) is 1.98. The Morgan fingerprint density at radius 1 is 1.40 bits per heavy atom. The first-order chi connectivity index (χ1) is 9.43. The standard InChI is InChI=1S/C10H13Cl2N3O4S/c1-2-3-4-20(16,17)19-15-6-18-5-7-8(11)13-10(12)14-9(7)15/h2-6H2,1H3. The maximum atomic E-state index is 11.8. The second-order valence-electron chi connectivity index (χ2n) is 4.13. The zero-order valence-corrected chi connectivity index (χ0v) is 13.0. The van der Waals surface area contributed by atoms with Gasteiger partial charge in [0, 0.05) is 0 Å². The summed E-state index contributed by atoms with van der Waals surface area (Å²) in [7, 11) is -3.71. The maximum Gasteiger partial charge on any atom is 0.288 e. The van der Waals surface area contributed by atoms with Gasteiger partial charge in [0.05, 0.1) is 17.9 Å².